The van der Waals surface area contributed by atoms with Gasteiger partial charge in [0.25, 0.3) is 0 Å². The number of nitrogens with two attached hydrogens (primary N) is 1. The van der Waals surface area contributed by atoms with Gasteiger partial charge in [0.1, 0.15) is 5.75 Å². The molecule has 0 saturated heterocycles. The molecular weight excluding hydrogens is 250 g/mol. The van der Waals surface area contributed by atoms with Gasteiger partial charge < -0.3 is 15.8 Å². The Hall–Kier alpha value is -2.67. The second kappa shape index (κ2) is 5.14. The second-order valence-corrected chi connectivity index (χ2v) is 4.81. The first-order chi connectivity index (χ1) is 9.76. The Morgan fingerprint density at radius 1 is 1.20 bits per heavy atom. The number of fused-ring (bicyclic) bond motifs is 1. The number of benzene rings is 2. The Morgan fingerprint density at radius 3 is 2.95 bits per heavy atom. The summed E-state index contributed by atoms with van der Waals surface area (Å²) in [5.74, 6) is 0.959. The lowest BCUT2D eigenvalue weighted by Gasteiger charge is -2.18. The number of nitrogens with zero attached hydrogens (tertiary/aromatic N) is 1. The molecule has 0 saturated carbocycles. The Labute approximate surface area is 117 Å². The van der Waals surface area contributed by atoms with Crippen LogP contribution in [0.15, 0.2) is 36.4 Å². The molecule has 4 nitrogen and oxygen atoms in total. The molecular formula is C16H15N3O. The molecule has 2 aromatic rings. The molecule has 100 valence electrons. The maximum absolute atomic E-state index is 8.94. The van der Waals surface area contributed by atoms with Crippen LogP contribution in [0.25, 0.3) is 0 Å². The summed E-state index contributed by atoms with van der Waals surface area (Å²) in [7, 11) is 0. The van der Waals surface area contributed by atoms with Crippen molar-refractivity contribution in [3.8, 4) is 11.8 Å². The van der Waals surface area contributed by atoms with Gasteiger partial charge in [-0.05, 0) is 54.8 Å². The summed E-state index contributed by atoms with van der Waals surface area (Å²) in [6, 6.07) is 13.3. The van der Waals surface area contributed by atoms with Gasteiger partial charge in [0.15, 0.2) is 0 Å². The standard InChI is InChI=1S/C16H15N3O/c17-10-11-3-5-14(18)15(8-11)19-13-4-6-16-12(9-13)2-1-7-20-16/h3-6,8-9,19H,1-2,7,18H2. The molecule has 1 heterocycles. The van der Waals surface area contributed by atoms with Crippen LogP contribution in [0, 0.1) is 11.3 Å². The Balaban J connectivity index is 1.90. The van der Waals surface area contributed by atoms with Gasteiger partial charge in [-0.15, -0.1) is 0 Å². The van der Waals surface area contributed by atoms with Crippen molar-refractivity contribution in [1.29, 1.82) is 5.26 Å². The van der Waals surface area contributed by atoms with Crippen molar-refractivity contribution in [2.24, 2.45) is 0 Å². The van der Waals surface area contributed by atoms with Crippen LogP contribution in [-0.2, 0) is 6.42 Å². The van der Waals surface area contributed by atoms with Crippen molar-refractivity contribution in [2.45, 2.75) is 12.8 Å². The van der Waals surface area contributed by atoms with Crippen molar-refractivity contribution < 1.29 is 4.74 Å². The number of rotatable bonds is 2. The van der Waals surface area contributed by atoms with Crippen LogP contribution in [0.5, 0.6) is 5.75 Å². The molecule has 0 aromatic heterocycles. The Bertz CT molecular complexity index is 689. The number of hydrogen-bond donors (Lipinski definition) is 2. The van der Waals surface area contributed by atoms with Crippen molar-refractivity contribution >= 4 is 17.1 Å². The lowest BCUT2D eigenvalue weighted by Crippen LogP contribution is -2.08. The molecule has 0 fully saturated rings. The van der Waals surface area contributed by atoms with E-state index in [-0.39, 0.29) is 0 Å². The van der Waals surface area contributed by atoms with Crippen LogP contribution < -0.4 is 15.8 Å². The van der Waals surface area contributed by atoms with Crippen molar-refractivity contribution in [1.82, 2.24) is 0 Å². The zero-order valence-electron chi connectivity index (χ0n) is 11.0. The number of aryl methyl sites for hydroxylation is 1. The predicted molar refractivity (Wildman–Crippen MR) is 79.1 cm³/mol. The quantitative estimate of drug-likeness (QED) is 0.818. The van der Waals surface area contributed by atoms with Crippen molar-refractivity contribution in [2.75, 3.05) is 17.7 Å². The zero-order valence-corrected chi connectivity index (χ0v) is 11.0. The monoisotopic (exact) mass is 265 g/mol. The molecule has 0 bridgehead atoms. The fraction of sp³-hybridized carbons (Fsp3) is 0.188. The maximum Gasteiger partial charge on any atom is 0.122 e. The topological polar surface area (TPSA) is 71.1 Å². The van der Waals surface area contributed by atoms with Gasteiger partial charge >= 0.3 is 0 Å². The first kappa shape index (κ1) is 12.4. The highest BCUT2D eigenvalue weighted by Crippen LogP contribution is 2.30. The van der Waals surface area contributed by atoms with Gasteiger partial charge in [0, 0.05) is 5.69 Å². The SMILES string of the molecule is N#Cc1ccc(N)c(Nc2ccc3c(c2)CCCO3)c1. The van der Waals surface area contributed by atoms with E-state index < -0.39 is 0 Å². The average Bonchev–Trinajstić information content (AvgIpc) is 2.49. The van der Waals surface area contributed by atoms with Gasteiger partial charge in [0.05, 0.1) is 29.6 Å². The van der Waals surface area contributed by atoms with E-state index in [1.807, 2.05) is 12.1 Å². The molecule has 0 aliphatic carbocycles. The fourth-order valence-corrected chi connectivity index (χ4v) is 2.33. The molecule has 1 aliphatic rings. The molecule has 1 aliphatic heterocycles. The summed E-state index contributed by atoms with van der Waals surface area (Å²) in [6.45, 7) is 0.789. The summed E-state index contributed by atoms with van der Waals surface area (Å²) in [6.07, 6.45) is 2.07. The normalized spacial score (nSPS) is 12.9. The molecule has 3 rings (SSSR count). The van der Waals surface area contributed by atoms with E-state index in [2.05, 4.69) is 17.5 Å². The van der Waals surface area contributed by atoms with E-state index in [1.54, 1.807) is 18.2 Å². The zero-order chi connectivity index (χ0) is 13.9. The number of hydrogen-bond acceptors (Lipinski definition) is 4. The van der Waals surface area contributed by atoms with Gasteiger partial charge in [-0.25, -0.2) is 0 Å². The lowest BCUT2D eigenvalue weighted by molar-refractivity contribution is 0.288. The minimum Gasteiger partial charge on any atom is -0.493 e. The van der Waals surface area contributed by atoms with E-state index in [0.29, 0.717) is 11.3 Å². The van der Waals surface area contributed by atoms with Crippen LogP contribution >= 0.6 is 0 Å². The Morgan fingerprint density at radius 2 is 2.10 bits per heavy atom. The van der Waals surface area contributed by atoms with Crippen LogP contribution in [0.1, 0.15) is 17.5 Å². The molecule has 0 unspecified atom stereocenters. The van der Waals surface area contributed by atoms with Crippen molar-refractivity contribution in [3.63, 3.8) is 0 Å². The predicted octanol–water partition coefficient (Wildman–Crippen LogP) is 3.21. The fourth-order valence-electron chi connectivity index (χ4n) is 2.33. The highest BCUT2D eigenvalue weighted by atomic mass is 16.5. The van der Waals surface area contributed by atoms with E-state index in [4.69, 9.17) is 15.7 Å². The highest BCUT2D eigenvalue weighted by molar-refractivity contribution is 5.74. The smallest absolute Gasteiger partial charge is 0.122 e. The van der Waals surface area contributed by atoms with E-state index in [1.165, 1.54) is 5.56 Å². The minimum absolute atomic E-state index is 0.586. The summed E-state index contributed by atoms with van der Waals surface area (Å²) >= 11 is 0. The summed E-state index contributed by atoms with van der Waals surface area (Å²) in [4.78, 5) is 0. The van der Waals surface area contributed by atoms with Gasteiger partial charge in [-0.1, -0.05) is 0 Å². The number of nitriles is 1. The molecule has 20 heavy (non-hydrogen) atoms. The molecule has 4 heteroatoms. The largest absolute Gasteiger partial charge is 0.493 e. The number of ether oxygens (including phenoxy) is 1. The number of anilines is 3. The third-order valence-electron chi connectivity index (χ3n) is 3.37. The molecule has 2 aromatic carbocycles. The van der Waals surface area contributed by atoms with E-state index >= 15 is 0 Å². The van der Waals surface area contributed by atoms with E-state index in [9.17, 15) is 0 Å². The highest BCUT2D eigenvalue weighted by Gasteiger charge is 2.11. The lowest BCUT2D eigenvalue weighted by atomic mass is 10.1. The van der Waals surface area contributed by atoms with Gasteiger partial charge in [-0.2, -0.15) is 5.26 Å². The summed E-state index contributed by atoms with van der Waals surface area (Å²) < 4.78 is 5.59. The summed E-state index contributed by atoms with van der Waals surface area (Å²) in [5, 5.41) is 12.2. The molecule has 0 spiro atoms. The Kier molecular flexibility index (Phi) is 3.18. The van der Waals surface area contributed by atoms with Crippen LogP contribution in [-0.4, -0.2) is 6.61 Å². The molecule has 0 radical (unpaired) electrons. The van der Waals surface area contributed by atoms with Gasteiger partial charge in [-0.3, -0.25) is 0 Å². The molecule has 0 atom stereocenters. The van der Waals surface area contributed by atoms with Crippen LogP contribution in [0.4, 0.5) is 17.1 Å². The van der Waals surface area contributed by atoms with E-state index in [0.717, 1.165) is 36.6 Å². The first-order valence-electron chi connectivity index (χ1n) is 6.58. The third-order valence-corrected chi connectivity index (χ3v) is 3.37. The molecule has 0 amide bonds. The molecule has 3 N–H and O–H groups in total. The van der Waals surface area contributed by atoms with Crippen LogP contribution in [0.2, 0.25) is 0 Å². The first-order valence-corrected chi connectivity index (χ1v) is 6.58. The van der Waals surface area contributed by atoms with Crippen molar-refractivity contribution in [3.05, 3.63) is 47.5 Å². The van der Waals surface area contributed by atoms with Crippen LogP contribution in [0.3, 0.4) is 0 Å². The third kappa shape index (κ3) is 2.39. The van der Waals surface area contributed by atoms with Gasteiger partial charge in [0.2, 0.25) is 0 Å². The number of nitrogen functional groups attached to an aromatic ring is 1. The second-order valence-electron chi connectivity index (χ2n) is 4.81. The summed E-state index contributed by atoms with van der Waals surface area (Å²) in [5.41, 5.74) is 10.1. The average molecular weight is 265 g/mol. The number of nitrogens with one attached hydrogen (secondary N) is 1. The maximum atomic E-state index is 8.94. The minimum atomic E-state index is 0.586.